The molecule has 1 aromatic heterocycles. The molecule has 0 radical (unpaired) electrons. The maximum absolute atomic E-state index is 4.14. The van der Waals surface area contributed by atoms with Crippen molar-refractivity contribution in [1.29, 1.82) is 0 Å². The lowest BCUT2D eigenvalue weighted by Crippen LogP contribution is -2.42. The summed E-state index contributed by atoms with van der Waals surface area (Å²) in [5.74, 6) is 0. The highest BCUT2D eigenvalue weighted by atomic mass is 15.1. The van der Waals surface area contributed by atoms with Gasteiger partial charge in [0.25, 0.3) is 0 Å². The predicted octanol–water partition coefficient (Wildman–Crippen LogP) is 1.66. The third-order valence-electron chi connectivity index (χ3n) is 3.12. The normalized spacial score (nSPS) is 21.2. The van der Waals surface area contributed by atoms with Crippen molar-refractivity contribution < 1.29 is 0 Å². The molecule has 1 fully saturated rings. The average molecular weight is 219 g/mol. The molecular formula is C13H21N3. The molecule has 1 aromatic rings. The Morgan fingerprint density at radius 1 is 1.50 bits per heavy atom. The summed E-state index contributed by atoms with van der Waals surface area (Å²) in [5.41, 5.74) is 1.29. The molecule has 3 heteroatoms. The summed E-state index contributed by atoms with van der Waals surface area (Å²) in [6.07, 6.45) is 7.80. The lowest BCUT2D eigenvalue weighted by molar-refractivity contribution is 0.256. The number of hydrogen-bond donors (Lipinski definition) is 1. The van der Waals surface area contributed by atoms with Crippen LogP contribution in [-0.4, -0.2) is 36.1 Å². The molecule has 0 bridgehead atoms. The second-order valence-corrected chi connectivity index (χ2v) is 4.70. The summed E-state index contributed by atoms with van der Waals surface area (Å²) in [5, 5.41) is 3.58. The molecule has 1 aliphatic heterocycles. The van der Waals surface area contributed by atoms with Gasteiger partial charge in [0, 0.05) is 31.5 Å². The molecule has 0 spiro atoms. The minimum absolute atomic E-state index is 0.676. The molecule has 1 atom stereocenters. The molecule has 0 aromatic carbocycles. The number of nitrogens with zero attached hydrogens (tertiary/aromatic N) is 2. The molecule has 0 unspecified atom stereocenters. The summed E-state index contributed by atoms with van der Waals surface area (Å²) in [4.78, 5) is 6.52. The molecule has 2 rings (SSSR count). The fourth-order valence-corrected chi connectivity index (χ4v) is 2.32. The molecule has 1 aliphatic rings. The van der Waals surface area contributed by atoms with Crippen LogP contribution in [0.1, 0.15) is 24.8 Å². The highest BCUT2D eigenvalue weighted by Gasteiger charge is 2.14. The van der Waals surface area contributed by atoms with Gasteiger partial charge in [-0.05, 0) is 38.1 Å². The molecule has 2 heterocycles. The van der Waals surface area contributed by atoms with Crippen molar-refractivity contribution in [2.75, 3.05) is 20.1 Å². The van der Waals surface area contributed by atoms with Crippen molar-refractivity contribution in [1.82, 2.24) is 15.2 Å². The number of aromatic nitrogens is 1. The molecule has 16 heavy (non-hydrogen) atoms. The predicted molar refractivity (Wildman–Crippen MR) is 66.2 cm³/mol. The zero-order valence-corrected chi connectivity index (χ0v) is 10.0. The van der Waals surface area contributed by atoms with Gasteiger partial charge in [-0.3, -0.25) is 4.98 Å². The topological polar surface area (TPSA) is 28.2 Å². The van der Waals surface area contributed by atoms with Gasteiger partial charge in [0.15, 0.2) is 0 Å². The number of piperidine rings is 1. The average Bonchev–Trinajstić information content (AvgIpc) is 2.31. The van der Waals surface area contributed by atoms with Crippen LogP contribution in [0.4, 0.5) is 0 Å². The zero-order chi connectivity index (χ0) is 11.2. The molecular weight excluding hydrogens is 198 g/mol. The quantitative estimate of drug-likeness (QED) is 0.834. The molecule has 0 amide bonds. The van der Waals surface area contributed by atoms with Crippen LogP contribution in [0.2, 0.25) is 0 Å². The molecule has 88 valence electrons. The first kappa shape index (κ1) is 11.6. The smallest absolute Gasteiger partial charge is 0.0312 e. The maximum Gasteiger partial charge on any atom is 0.0312 e. The van der Waals surface area contributed by atoms with E-state index in [0.717, 1.165) is 13.1 Å². The van der Waals surface area contributed by atoms with Gasteiger partial charge in [0.2, 0.25) is 0 Å². The van der Waals surface area contributed by atoms with E-state index < -0.39 is 0 Å². The van der Waals surface area contributed by atoms with Crippen LogP contribution < -0.4 is 5.32 Å². The largest absolute Gasteiger partial charge is 0.313 e. The van der Waals surface area contributed by atoms with E-state index >= 15 is 0 Å². The second kappa shape index (κ2) is 5.97. The SMILES string of the molecule is CN(Cc1cccnc1)C[C@@H]1CCCCN1. The van der Waals surface area contributed by atoms with Crippen LogP contribution >= 0.6 is 0 Å². The van der Waals surface area contributed by atoms with E-state index in [4.69, 9.17) is 0 Å². The Morgan fingerprint density at radius 2 is 2.44 bits per heavy atom. The third-order valence-corrected chi connectivity index (χ3v) is 3.12. The number of nitrogens with one attached hydrogen (secondary N) is 1. The van der Waals surface area contributed by atoms with E-state index in [1.165, 1.54) is 31.4 Å². The van der Waals surface area contributed by atoms with E-state index in [2.05, 4.69) is 28.3 Å². The summed E-state index contributed by atoms with van der Waals surface area (Å²) in [6.45, 7) is 3.31. The van der Waals surface area contributed by atoms with Gasteiger partial charge < -0.3 is 10.2 Å². The van der Waals surface area contributed by atoms with Crippen molar-refractivity contribution >= 4 is 0 Å². The Hall–Kier alpha value is -0.930. The Labute approximate surface area is 97.9 Å². The molecule has 1 saturated heterocycles. The fraction of sp³-hybridized carbons (Fsp3) is 0.615. The van der Waals surface area contributed by atoms with Gasteiger partial charge in [0.05, 0.1) is 0 Å². The van der Waals surface area contributed by atoms with E-state index in [-0.39, 0.29) is 0 Å². The van der Waals surface area contributed by atoms with Crippen molar-refractivity contribution in [2.45, 2.75) is 31.8 Å². The van der Waals surface area contributed by atoms with E-state index in [0.29, 0.717) is 6.04 Å². The van der Waals surface area contributed by atoms with Crippen molar-refractivity contribution in [3.63, 3.8) is 0 Å². The van der Waals surface area contributed by atoms with Crippen LogP contribution in [0.15, 0.2) is 24.5 Å². The second-order valence-electron chi connectivity index (χ2n) is 4.70. The van der Waals surface area contributed by atoms with Gasteiger partial charge >= 0.3 is 0 Å². The highest BCUT2D eigenvalue weighted by Crippen LogP contribution is 2.09. The van der Waals surface area contributed by atoms with Gasteiger partial charge in [-0.2, -0.15) is 0 Å². The summed E-state index contributed by atoms with van der Waals surface area (Å²) < 4.78 is 0. The first-order valence-corrected chi connectivity index (χ1v) is 6.15. The number of pyridine rings is 1. The maximum atomic E-state index is 4.14. The Balaban J connectivity index is 1.77. The van der Waals surface area contributed by atoms with Crippen LogP contribution in [0.25, 0.3) is 0 Å². The fourth-order valence-electron chi connectivity index (χ4n) is 2.32. The molecule has 0 saturated carbocycles. The Bertz CT molecular complexity index is 293. The van der Waals surface area contributed by atoms with Gasteiger partial charge in [-0.1, -0.05) is 12.5 Å². The Kier molecular flexibility index (Phi) is 4.31. The summed E-state index contributed by atoms with van der Waals surface area (Å²) in [6, 6.07) is 4.82. The summed E-state index contributed by atoms with van der Waals surface area (Å²) >= 11 is 0. The van der Waals surface area contributed by atoms with E-state index in [1.807, 2.05) is 18.5 Å². The van der Waals surface area contributed by atoms with Crippen LogP contribution in [0.3, 0.4) is 0 Å². The lowest BCUT2D eigenvalue weighted by atomic mass is 10.0. The monoisotopic (exact) mass is 219 g/mol. The van der Waals surface area contributed by atoms with Gasteiger partial charge in [-0.25, -0.2) is 0 Å². The zero-order valence-electron chi connectivity index (χ0n) is 10.0. The van der Waals surface area contributed by atoms with Crippen LogP contribution in [0, 0.1) is 0 Å². The van der Waals surface area contributed by atoms with E-state index in [9.17, 15) is 0 Å². The van der Waals surface area contributed by atoms with Gasteiger partial charge in [0.1, 0.15) is 0 Å². The third kappa shape index (κ3) is 3.58. The number of likely N-dealkylation sites (N-methyl/N-ethyl adjacent to an activating group) is 1. The number of rotatable bonds is 4. The first-order chi connectivity index (χ1) is 7.84. The van der Waals surface area contributed by atoms with E-state index in [1.54, 1.807) is 0 Å². The Morgan fingerprint density at radius 3 is 3.12 bits per heavy atom. The number of hydrogen-bond acceptors (Lipinski definition) is 3. The van der Waals surface area contributed by atoms with Crippen LogP contribution in [0.5, 0.6) is 0 Å². The minimum atomic E-state index is 0.676. The van der Waals surface area contributed by atoms with Crippen molar-refractivity contribution in [3.05, 3.63) is 30.1 Å². The standard InChI is InChI=1S/C13H21N3/c1-16(10-12-5-4-7-14-9-12)11-13-6-2-3-8-15-13/h4-5,7,9,13,15H,2-3,6,8,10-11H2,1H3/t13-/m0/s1. The molecule has 0 aliphatic carbocycles. The van der Waals surface area contributed by atoms with Crippen molar-refractivity contribution in [3.8, 4) is 0 Å². The minimum Gasteiger partial charge on any atom is -0.313 e. The van der Waals surface area contributed by atoms with Crippen LogP contribution in [-0.2, 0) is 6.54 Å². The highest BCUT2D eigenvalue weighted by molar-refractivity contribution is 5.07. The lowest BCUT2D eigenvalue weighted by Gasteiger charge is -2.28. The van der Waals surface area contributed by atoms with Crippen molar-refractivity contribution in [2.24, 2.45) is 0 Å². The van der Waals surface area contributed by atoms with Gasteiger partial charge in [-0.15, -0.1) is 0 Å². The first-order valence-electron chi connectivity index (χ1n) is 6.15. The molecule has 3 nitrogen and oxygen atoms in total. The summed E-state index contributed by atoms with van der Waals surface area (Å²) in [7, 11) is 2.18. The molecule has 1 N–H and O–H groups in total.